The number of carbonyl (C=O) groups is 2. The molecule has 0 bridgehead atoms. The minimum atomic E-state index is -0.133. The second kappa shape index (κ2) is 12.8. The van der Waals surface area contributed by atoms with Crippen molar-refractivity contribution in [3.63, 3.8) is 0 Å². The molecule has 0 spiro atoms. The van der Waals surface area contributed by atoms with Gasteiger partial charge in [0.25, 0.3) is 0 Å². The molecule has 162 valence electrons. The van der Waals surface area contributed by atoms with E-state index in [4.69, 9.17) is 11.5 Å². The number of aromatic nitrogens is 2. The van der Waals surface area contributed by atoms with Crippen LogP contribution in [0.1, 0.15) is 25.7 Å². The molecule has 10 nitrogen and oxygen atoms in total. The molecule has 0 unspecified atom stereocenters. The lowest BCUT2D eigenvalue weighted by Crippen LogP contribution is -2.29. The Hall–Kier alpha value is -3.56. The fourth-order valence-corrected chi connectivity index (χ4v) is 2.49. The van der Waals surface area contributed by atoms with Crippen molar-refractivity contribution in [1.82, 2.24) is 20.6 Å². The van der Waals surface area contributed by atoms with Crippen LogP contribution in [-0.4, -0.2) is 48.0 Å². The second-order valence-corrected chi connectivity index (χ2v) is 6.71. The van der Waals surface area contributed by atoms with Crippen molar-refractivity contribution in [1.29, 1.82) is 0 Å². The third-order valence-electron chi connectivity index (χ3n) is 4.12. The normalized spacial score (nSPS) is 10.3. The van der Waals surface area contributed by atoms with Crippen LogP contribution in [0.5, 0.6) is 0 Å². The summed E-state index contributed by atoms with van der Waals surface area (Å²) in [4.78, 5) is 31.9. The number of hydrogen-bond donors (Lipinski definition) is 6. The second-order valence-electron chi connectivity index (χ2n) is 6.71. The first-order valence-corrected chi connectivity index (χ1v) is 9.97. The molecular formula is C20H30N8O2. The van der Waals surface area contributed by atoms with Gasteiger partial charge >= 0.3 is 0 Å². The Kier molecular flexibility index (Phi) is 9.71. The molecule has 0 saturated carbocycles. The summed E-state index contributed by atoms with van der Waals surface area (Å²) >= 11 is 0. The zero-order chi connectivity index (χ0) is 21.6. The molecule has 2 aromatic rings. The molecule has 0 atom stereocenters. The first-order valence-electron chi connectivity index (χ1n) is 9.97. The van der Waals surface area contributed by atoms with Crippen molar-refractivity contribution in [2.45, 2.75) is 25.7 Å². The van der Waals surface area contributed by atoms with Gasteiger partial charge in [-0.2, -0.15) is 0 Å². The van der Waals surface area contributed by atoms with Gasteiger partial charge < -0.3 is 32.7 Å². The number of rotatable bonds is 13. The van der Waals surface area contributed by atoms with Gasteiger partial charge in [0, 0.05) is 39.0 Å². The Morgan fingerprint density at radius 1 is 0.700 bits per heavy atom. The van der Waals surface area contributed by atoms with E-state index >= 15 is 0 Å². The van der Waals surface area contributed by atoms with E-state index in [0.29, 0.717) is 37.6 Å². The molecule has 8 N–H and O–H groups in total. The number of nitrogens with one attached hydrogen (secondary N) is 4. The molecule has 10 heteroatoms. The zero-order valence-electron chi connectivity index (χ0n) is 17.0. The van der Waals surface area contributed by atoms with Crippen LogP contribution in [0.4, 0.5) is 23.0 Å². The number of anilines is 4. The lowest BCUT2D eigenvalue weighted by atomic mass is 10.2. The molecule has 0 saturated heterocycles. The van der Waals surface area contributed by atoms with Crippen LogP contribution in [0.25, 0.3) is 0 Å². The van der Waals surface area contributed by atoms with Crippen LogP contribution in [-0.2, 0) is 9.59 Å². The Balaban J connectivity index is 1.43. The van der Waals surface area contributed by atoms with Gasteiger partial charge in [-0.3, -0.25) is 9.59 Å². The average molecular weight is 415 g/mol. The van der Waals surface area contributed by atoms with Crippen LogP contribution >= 0.6 is 0 Å². The summed E-state index contributed by atoms with van der Waals surface area (Å²) in [5.41, 5.74) is 12.4. The molecule has 0 aliphatic heterocycles. The van der Waals surface area contributed by atoms with Crippen molar-refractivity contribution >= 4 is 34.8 Å². The molecule has 2 rings (SSSR count). The van der Waals surface area contributed by atoms with E-state index in [1.165, 1.54) is 0 Å². The van der Waals surface area contributed by atoms with E-state index in [1.807, 2.05) is 0 Å². The Bertz CT molecular complexity index is 713. The fraction of sp³-hybridized carbons (Fsp3) is 0.400. The monoisotopic (exact) mass is 414 g/mol. The van der Waals surface area contributed by atoms with Gasteiger partial charge in [-0.15, -0.1) is 0 Å². The van der Waals surface area contributed by atoms with Gasteiger partial charge in [0.15, 0.2) is 0 Å². The maximum atomic E-state index is 11.8. The molecule has 30 heavy (non-hydrogen) atoms. The van der Waals surface area contributed by atoms with Gasteiger partial charge in [-0.25, -0.2) is 9.97 Å². The molecular weight excluding hydrogens is 384 g/mol. The SMILES string of the molecule is Nc1ccc(NCCCNC(=O)CCC(=O)NCCCNc2ccc(N)cn2)nc1. The van der Waals surface area contributed by atoms with Crippen molar-refractivity contribution in [3.05, 3.63) is 36.7 Å². The van der Waals surface area contributed by atoms with E-state index in [0.717, 1.165) is 24.5 Å². The number of nitrogens with zero attached hydrogens (tertiary/aromatic N) is 2. The number of carbonyl (C=O) groups excluding carboxylic acids is 2. The van der Waals surface area contributed by atoms with E-state index in [1.54, 1.807) is 36.7 Å². The number of pyridine rings is 2. The van der Waals surface area contributed by atoms with Crippen LogP contribution in [0, 0.1) is 0 Å². The Morgan fingerprint density at radius 2 is 1.13 bits per heavy atom. The molecule has 2 aromatic heterocycles. The lowest BCUT2D eigenvalue weighted by Gasteiger charge is -2.08. The maximum Gasteiger partial charge on any atom is 0.220 e. The highest BCUT2D eigenvalue weighted by Gasteiger charge is 2.06. The predicted molar refractivity (Wildman–Crippen MR) is 119 cm³/mol. The summed E-state index contributed by atoms with van der Waals surface area (Å²) in [5, 5.41) is 11.9. The van der Waals surface area contributed by atoms with Gasteiger partial charge in [0.2, 0.25) is 11.8 Å². The van der Waals surface area contributed by atoms with Crippen molar-refractivity contribution in [3.8, 4) is 0 Å². The predicted octanol–water partition coefficient (Wildman–Crippen LogP) is 0.958. The fourth-order valence-electron chi connectivity index (χ4n) is 2.49. The minimum absolute atomic E-state index is 0.133. The Labute approximate surface area is 176 Å². The molecule has 2 heterocycles. The molecule has 0 fully saturated rings. The standard InChI is InChI=1S/C20H30N8O2/c21-15-3-5-17(27-13-15)23-9-1-11-25-19(29)7-8-20(30)26-12-2-10-24-18-6-4-16(22)14-28-18/h3-6,13-14H,1-2,7-12,21-22H2,(H,23,27)(H,24,28)(H,25,29)(H,26,30). The molecule has 0 radical (unpaired) electrons. The average Bonchev–Trinajstić information content (AvgIpc) is 2.74. The summed E-state index contributed by atoms with van der Waals surface area (Å²) in [6.45, 7) is 2.43. The van der Waals surface area contributed by atoms with Crippen LogP contribution in [0.3, 0.4) is 0 Å². The summed E-state index contributed by atoms with van der Waals surface area (Å²) in [7, 11) is 0. The molecule has 0 aromatic carbocycles. The Morgan fingerprint density at radius 3 is 1.50 bits per heavy atom. The summed E-state index contributed by atoms with van der Waals surface area (Å²) in [6, 6.07) is 7.15. The molecule has 0 aliphatic rings. The van der Waals surface area contributed by atoms with E-state index in [9.17, 15) is 9.59 Å². The third-order valence-corrected chi connectivity index (χ3v) is 4.12. The van der Waals surface area contributed by atoms with Gasteiger partial charge in [-0.1, -0.05) is 0 Å². The van der Waals surface area contributed by atoms with E-state index in [-0.39, 0.29) is 24.7 Å². The van der Waals surface area contributed by atoms with Gasteiger partial charge in [-0.05, 0) is 37.1 Å². The van der Waals surface area contributed by atoms with Crippen LogP contribution in [0.15, 0.2) is 36.7 Å². The first-order chi connectivity index (χ1) is 14.5. The zero-order valence-corrected chi connectivity index (χ0v) is 17.0. The highest BCUT2D eigenvalue weighted by Crippen LogP contribution is 2.06. The summed E-state index contributed by atoms with van der Waals surface area (Å²) in [5.74, 6) is 1.22. The smallest absolute Gasteiger partial charge is 0.220 e. The van der Waals surface area contributed by atoms with Crippen LogP contribution in [0.2, 0.25) is 0 Å². The first kappa shape index (κ1) is 22.7. The minimum Gasteiger partial charge on any atom is -0.397 e. The van der Waals surface area contributed by atoms with Crippen LogP contribution < -0.4 is 32.7 Å². The number of amides is 2. The highest BCUT2D eigenvalue weighted by atomic mass is 16.2. The maximum absolute atomic E-state index is 11.8. The van der Waals surface area contributed by atoms with E-state index in [2.05, 4.69) is 31.2 Å². The third kappa shape index (κ3) is 9.58. The van der Waals surface area contributed by atoms with E-state index < -0.39 is 0 Å². The highest BCUT2D eigenvalue weighted by molar-refractivity contribution is 5.83. The lowest BCUT2D eigenvalue weighted by molar-refractivity contribution is -0.126. The number of nitrogens with two attached hydrogens (primary N) is 2. The van der Waals surface area contributed by atoms with Gasteiger partial charge in [0.05, 0.1) is 23.8 Å². The number of hydrogen-bond acceptors (Lipinski definition) is 8. The largest absolute Gasteiger partial charge is 0.397 e. The summed E-state index contributed by atoms with van der Waals surface area (Å²) < 4.78 is 0. The van der Waals surface area contributed by atoms with Crippen molar-refractivity contribution in [2.75, 3.05) is 48.3 Å². The van der Waals surface area contributed by atoms with Gasteiger partial charge in [0.1, 0.15) is 11.6 Å². The van der Waals surface area contributed by atoms with Crippen molar-refractivity contribution < 1.29 is 9.59 Å². The topological polar surface area (TPSA) is 160 Å². The summed E-state index contributed by atoms with van der Waals surface area (Å²) in [6.07, 6.45) is 5.02. The van der Waals surface area contributed by atoms with Crippen molar-refractivity contribution in [2.24, 2.45) is 0 Å². The quantitative estimate of drug-likeness (QED) is 0.264. The molecule has 0 aliphatic carbocycles. The number of nitrogen functional groups attached to an aromatic ring is 2. The molecule has 2 amide bonds.